The maximum absolute atomic E-state index is 11.5. The summed E-state index contributed by atoms with van der Waals surface area (Å²) < 4.78 is 0. The number of amides is 2. The molecule has 2 amide bonds. The van der Waals surface area contributed by atoms with Crippen LogP contribution in [0.15, 0.2) is 24.5 Å². The first-order valence-corrected chi connectivity index (χ1v) is 7.04. The minimum Gasteiger partial charge on any atom is -0.387 e. The predicted octanol–water partition coefficient (Wildman–Crippen LogP) is 0.250. The molecule has 104 valence electrons. The van der Waals surface area contributed by atoms with Gasteiger partial charge in [0.05, 0.1) is 17.5 Å². The zero-order chi connectivity index (χ0) is 14.3. The van der Waals surface area contributed by atoms with Crippen molar-refractivity contribution in [2.75, 3.05) is 23.9 Å². The molecule has 3 N–H and O–H groups in total. The first kappa shape index (κ1) is 15.5. The number of nitrogens with one attached hydrogen (secondary N) is 2. The number of aliphatic hydroxyl groups is 1. The number of anilines is 1. The van der Waals surface area contributed by atoms with E-state index in [1.807, 2.05) is 6.26 Å². The molecule has 0 spiro atoms. The highest BCUT2D eigenvalue weighted by molar-refractivity contribution is 7.98. The van der Waals surface area contributed by atoms with Gasteiger partial charge in [-0.05, 0) is 25.3 Å². The van der Waals surface area contributed by atoms with E-state index >= 15 is 0 Å². The van der Waals surface area contributed by atoms with Gasteiger partial charge < -0.3 is 15.7 Å². The van der Waals surface area contributed by atoms with Crippen molar-refractivity contribution in [2.24, 2.45) is 0 Å². The summed E-state index contributed by atoms with van der Waals surface area (Å²) in [5, 5.41) is 14.7. The first-order valence-electron chi connectivity index (χ1n) is 5.65. The molecule has 0 saturated carbocycles. The fourth-order valence-corrected chi connectivity index (χ4v) is 2.06. The molecular formula is C12H17N3O3S. The molecule has 0 aliphatic carbocycles. The Morgan fingerprint density at radius 3 is 2.79 bits per heavy atom. The van der Waals surface area contributed by atoms with Gasteiger partial charge in [0.25, 0.3) is 0 Å². The molecule has 0 aromatic carbocycles. The Morgan fingerprint density at radius 1 is 1.47 bits per heavy atom. The Hall–Kier alpha value is -1.60. The Balaban J connectivity index is 2.44. The van der Waals surface area contributed by atoms with E-state index < -0.39 is 17.4 Å². The van der Waals surface area contributed by atoms with Crippen molar-refractivity contribution in [2.45, 2.75) is 12.5 Å². The Labute approximate surface area is 116 Å². The van der Waals surface area contributed by atoms with E-state index in [0.717, 1.165) is 0 Å². The SMILES string of the molecule is CSCC(C)(O)CNC(=O)C(=O)Nc1cccnc1. The van der Waals surface area contributed by atoms with Gasteiger partial charge in [0.1, 0.15) is 0 Å². The third-order valence-electron chi connectivity index (χ3n) is 2.21. The summed E-state index contributed by atoms with van der Waals surface area (Å²) in [5.41, 5.74) is -0.595. The minimum atomic E-state index is -1.04. The van der Waals surface area contributed by atoms with Crippen molar-refractivity contribution in [3.05, 3.63) is 24.5 Å². The van der Waals surface area contributed by atoms with Gasteiger partial charge in [-0.1, -0.05) is 0 Å². The van der Waals surface area contributed by atoms with E-state index in [0.29, 0.717) is 11.4 Å². The van der Waals surface area contributed by atoms with Crippen molar-refractivity contribution in [1.82, 2.24) is 10.3 Å². The smallest absolute Gasteiger partial charge is 0.313 e. The topological polar surface area (TPSA) is 91.3 Å². The molecule has 1 heterocycles. The van der Waals surface area contributed by atoms with Crippen LogP contribution < -0.4 is 10.6 Å². The van der Waals surface area contributed by atoms with Crippen LogP contribution >= 0.6 is 11.8 Å². The van der Waals surface area contributed by atoms with Crippen LogP contribution in [0.2, 0.25) is 0 Å². The quantitative estimate of drug-likeness (QED) is 0.674. The molecule has 6 nitrogen and oxygen atoms in total. The van der Waals surface area contributed by atoms with Gasteiger partial charge in [-0.2, -0.15) is 11.8 Å². The Morgan fingerprint density at radius 2 is 2.21 bits per heavy atom. The molecule has 1 aromatic rings. The zero-order valence-corrected chi connectivity index (χ0v) is 11.7. The third-order valence-corrected chi connectivity index (χ3v) is 3.12. The lowest BCUT2D eigenvalue weighted by Gasteiger charge is -2.22. The summed E-state index contributed by atoms with van der Waals surface area (Å²) in [6.45, 7) is 1.62. The second-order valence-corrected chi connectivity index (χ2v) is 5.17. The van der Waals surface area contributed by atoms with E-state index in [1.165, 1.54) is 18.0 Å². The maximum Gasteiger partial charge on any atom is 0.313 e. The lowest BCUT2D eigenvalue weighted by molar-refractivity contribution is -0.136. The van der Waals surface area contributed by atoms with Gasteiger partial charge >= 0.3 is 11.8 Å². The van der Waals surface area contributed by atoms with E-state index in [1.54, 1.807) is 25.3 Å². The van der Waals surface area contributed by atoms with E-state index in [9.17, 15) is 14.7 Å². The molecule has 1 aromatic heterocycles. The van der Waals surface area contributed by atoms with Crippen LogP contribution in [0, 0.1) is 0 Å². The standard InChI is InChI=1S/C12H17N3O3S/c1-12(18,8-19-2)7-14-10(16)11(17)15-9-4-3-5-13-6-9/h3-6,18H,7-8H2,1-2H3,(H,14,16)(H,15,17). The summed E-state index contributed by atoms with van der Waals surface area (Å²) in [6, 6.07) is 3.28. The normalized spacial score (nSPS) is 13.4. The summed E-state index contributed by atoms with van der Waals surface area (Å²) in [7, 11) is 0. The number of hydrogen-bond acceptors (Lipinski definition) is 5. The van der Waals surface area contributed by atoms with Gasteiger partial charge in [-0.25, -0.2) is 0 Å². The number of aromatic nitrogens is 1. The molecule has 19 heavy (non-hydrogen) atoms. The summed E-state index contributed by atoms with van der Waals surface area (Å²) in [4.78, 5) is 26.9. The molecule has 0 bridgehead atoms. The van der Waals surface area contributed by atoms with Gasteiger partial charge in [0.15, 0.2) is 0 Å². The fraction of sp³-hybridized carbons (Fsp3) is 0.417. The molecule has 0 saturated heterocycles. The summed E-state index contributed by atoms with van der Waals surface area (Å²) in [6.07, 6.45) is 4.86. The second-order valence-electron chi connectivity index (χ2n) is 4.31. The van der Waals surface area contributed by atoms with Gasteiger partial charge in [-0.15, -0.1) is 0 Å². The fourth-order valence-electron chi connectivity index (χ4n) is 1.34. The number of pyridine rings is 1. The molecule has 0 aliphatic heterocycles. The molecular weight excluding hydrogens is 266 g/mol. The average Bonchev–Trinajstić information content (AvgIpc) is 2.37. The Kier molecular flexibility index (Phi) is 5.78. The monoisotopic (exact) mass is 283 g/mol. The third kappa shape index (κ3) is 5.71. The first-order chi connectivity index (χ1) is 8.94. The lowest BCUT2D eigenvalue weighted by atomic mass is 10.1. The molecule has 1 unspecified atom stereocenters. The van der Waals surface area contributed by atoms with Crippen molar-refractivity contribution < 1.29 is 14.7 Å². The van der Waals surface area contributed by atoms with Gasteiger partial charge in [-0.3, -0.25) is 14.6 Å². The van der Waals surface area contributed by atoms with Crippen LogP contribution in [0.25, 0.3) is 0 Å². The zero-order valence-electron chi connectivity index (χ0n) is 10.8. The molecule has 7 heteroatoms. The number of hydrogen-bond donors (Lipinski definition) is 3. The number of carbonyl (C=O) groups is 2. The second kappa shape index (κ2) is 7.10. The number of thioether (sulfide) groups is 1. The van der Waals surface area contributed by atoms with Crippen molar-refractivity contribution in [1.29, 1.82) is 0 Å². The van der Waals surface area contributed by atoms with Crippen LogP contribution in [0.5, 0.6) is 0 Å². The van der Waals surface area contributed by atoms with E-state index in [-0.39, 0.29) is 6.54 Å². The maximum atomic E-state index is 11.5. The highest BCUT2D eigenvalue weighted by atomic mass is 32.2. The van der Waals surface area contributed by atoms with Crippen molar-refractivity contribution in [3.8, 4) is 0 Å². The predicted molar refractivity (Wildman–Crippen MR) is 74.9 cm³/mol. The Bertz CT molecular complexity index is 437. The average molecular weight is 283 g/mol. The molecule has 1 atom stereocenters. The van der Waals surface area contributed by atoms with Gasteiger partial charge in [0.2, 0.25) is 0 Å². The summed E-state index contributed by atoms with van der Waals surface area (Å²) in [5.74, 6) is -1.10. The number of carbonyl (C=O) groups excluding carboxylic acids is 2. The summed E-state index contributed by atoms with van der Waals surface area (Å²) >= 11 is 1.46. The molecule has 0 aliphatic rings. The van der Waals surface area contributed by atoms with Crippen LogP contribution in [0.3, 0.4) is 0 Å². The largest absolute Gasteiger partial charge is 0.387 e. The van der Waals surface area contributed by atoms with Crippen LogP contribution in [-0.4, -0.2) is 46.1 Å². The van der Waals surface area contributed by atoms with E-state index in [2.05, 4.69) is 15.6 Å². The highest BCUT2D eigenvalue weighted by Crippen LogP contribution is 2.09. The number of rotatable bonds is 5. The van der Waals surface area contributed by atoms with Crippen molar-refractivity contribution >= 4 is 29.3 Å². The van der Waals surface area contributed by atoms with E-state index in [4.69, 9.17) is 0 Å². The molecule has 0 fully saturated rings. The molecule has 0 radical (unpaired) electrons. The van der Waals surface area contributed by atoms with Gasteiger partial charge in [0, 0.05) is 18.5 Å². The number of nitrogens with zero attached hydrogens (tertiary/aromatic N) is 1. The minimum absolute atomic E-state index is 0.0210. The lowest BCUT2D eigenvalue weighted by Crippen LogP contribution is -2.45. The highest BCUT2D eigenvalue weighted by Gasteiger charge is 2.22. The van der Waals surface area contributed by atoms with Crippen LogP contribution in [0.4, 0.5) is 5.69 Å². The van der Waals surface area contributed by atoms with Crippen LogP contribution in [-0.2, 0) is 9.59 Å². The molecule has 1 rings (SSSR count). The van der Waals surface area contributed by atoms with Crippen molar-refractivity contribution in [3.63, 3.8) is 0 Å². The van der Waals surface area contributed by atoms with Crippen LogP contribution in [0.1, 0.15) is 6.92 Å².